The molecule has 2 aromatic rings. The second-order valence-corrected chi connectivity index (χ2v) is 3.78. The van der Waals surface area contributed by atoms with Gasteiger partial charge in [0.05, 0.1) is 5.69 Å². The molecule has 86 valence electrons. The van der Waals surface area contributed by atoms with E-state index in [1.54, 1.807) is 12.3 Å². The summed E-state index contributed by atoms with van der Waals surface area (Å²) in [6.07, 6.45) is 3.87. The van der Waals surface area contributed by atoms with Gasteiger partial charge in [-0.05, 0) is 23.9 Å². The van der Waals surface area contributed by atoms with E-state index in [9.17, 15) is 4.79 Å². The second-order valence-electron chi connectivity index (χ2n) is 3.78. The van der Waals surface area contributed by atoms with Crippen molar-refractivity contribution in [3.8, 4) is 0 Å². The topological polar surface area (TPSA) is 50.2 Å². The van der Waals surface area contributed by atoms with Gasteiger partial charge in [0.25, 0.3) is 0 Å². The predicted molar refractivity (Wildman–Crippen MR) is 67.6 cm³/mol. The first-order chi connectivity index (χ1) is 8.20. The standard InChI is InChI=1S/C14H13NO2/c1-2-10(14(16)17)7-13-8-11-5-3-4-6-12(11)9-15-13/h3-9H,2H2,1H3,(H,16,17). The fourth-order valence-electron chi connectivity index (χ4n) is 1.67. The van der Waals surface area contributed by atoms with Crippen molar-refractivity contribution in [3.05, 3.63) is 47.8 Å². The SMILES string of the molecule is CCC(=Cc1cc2ccccc2cn1)C(=O)O. The third-order valence-corrected chi connectivity index (χ3v) is 2.63. The average Bonchev–Trinajstić information content (AvgIpc) is 2.35. The minimum absolute atomic E-state index is 0.368. The van der Waals surface area contributed by atoms with Crippen LogP contribution in [0.2, 0.25) is 0 Å². The molecule has 0 amide bonds. The number of carboxylic acids is 1. The van der Waals surface area contributed by atoms with Crippen LogP contribution in [0.1, 0.15) is 19.0 Å². The van der Waals surface area contributed by atoms with Gasteiger partial charge in [0.2, 0.25) is 0 Å². The van der Waals surface area contributed by atoms with E-state index in [-0.39, 0.29) is 0 Å². The zero-order chi connectivity index (χ0) is 12.3. The fourth-order valence-corrected chi connectivity index (χ4v) is 1.67. The molecule has 0 saturated heterocycles. The average molecular weight is 227 g/mol. The smallest absolute Gasteiger partial charge is 0.331 e. The lowest BCUT2D eigenvalue weighted by atomic mass is 10.1. The molecule has 1 aromatic carbocycles. The Bertz CT molecular complexity index is 588. The third kappa shape index (κ3) is 2.50. The van der Waals surface area contributed by atoms with E-state index in [4.69, 9.17) is 5.11 Å². The number of nitrogens with zero attached hydrogens (tertiary/aromatic N) is 1. The number of hydrogen-bond acceptors (Lipinski definition) is 2. The molecule has 1 heterocycles. The monoisotopic (exact) mass is 227 g/mol. The highest BCUT2D eigenvalue weighted by Crippen LogP contribution is 2.15. The third-order valence-electron chi connectivity index (χ3n) is 2.63. The molecule has 3 nitrogen and oxygen atoms in total. The molecular formula is C14H13NO2. The highest BCUT2D eigenvalue weighted by Gasteiger charge is 2.04. The molecule has 17 heavy (non-hydrogen) atoms. The summed E-state index contributed by atoms with van der Waals surface area (Å²) >= 11 is 0. The summed E-state index contributed by atoms with van der Waals surface area (Å²) in [7, 11) is 0. The van der Waals surface area contributed by atoms with Crippen molar-refractivity contribution in [2.75, 3.05) is 0 Å². The van der Waals surface area contributed by atoms with Crippen LogP contribution in [0.15, 0.2) is 42.1 Å². The van der Waals surface area contributed by atoms with Gasteiger partial charge in [-0.2, -0.15) is 0 Å². The Morgan fingerprint density at radius 1 is 1.35 bits per heavy atom. The summed E-state index contributed by atoms with van der Waals surface area (Å²) in [5.74, 6) is -0.887. The fraction of sp³-hybridized carbons (Fsp3) is 0.143. The van der Waals surface area contributed by atoms with Gasteiger partial charge in [0.1, 0.15) is 0 Å². The number of rotatable bonds is 3. The van der Waals surface area contributed by atoms with Gasteiger partial charge in [0, 0.05) is 17.2 Å². The first-order valence-corrected chi connectivity index (χ1v) is 5.49. The molecule has 3 heteroatoms. The van der Waals surface area contributed by atoms with E-state index in [1.807, 2.05) is 37.3 Å². The van der Waals surface area contributed by atoms with Crippen molar-refractivity contribution >= 4 is 22.8 Å². The van der Waals surface area contributed by atoms with Gasteiger partial charge in [0.15, 0.2) is 0 Å². The Labute approximate surface area is 99.4 Å². The van der Waals surface area contributed by atoms with E-state index in [2.05, 4.69) is 4.98 Å². The van der Waals surface area contributed by atoms with E-state index in [0.717, 1.165) is 10.8 Å². The number of fused-ring (bicyclic) bond motifs is 1. The minimum atomic E-state index is -0.887. The number of aromatic nitrogens is 1. The summed E-state index contributed by atoms with van der Waals surface area (Å²) in [5, 5.41) is 11.1. The number of carbonyl (C=O) groups is 1. The molecule has 1 aromatic heterocycles. The highest BCUT2D eigenvalue weighted by atomic mass is 16.4. The van der Waals surface area contributed by atoms with Gasteiger partial charge in [-0.3, -0.25) is 4.98 Å². The molecule has 0 unspecified atom stereocenters. The Kier molecular flexibility index (Phi) is 3.19. The van der Waals surface area contributed by atoms with Crippen LogP contribution in [0.25, 0.3) is 16.8 Å². The van der Waals surface area contributed by atoms with Crippen molar-refractivity contribution < 1.29 is 9.90 Å². The molecule has 0 aliphatic rings. The summed E-state index contributed by atoms with van der Waals surface area (Å²) in [6, 6.07) is 9.77. The Morgan fingerprint density at radius 2 is 2.06 bits per heavy atom. The Hall–Kier alpha value is -2.16. The molecule has 2 rings (SSSR count). The summed E-state index contributed by atoms with van der Waals surface area (Å²) in [5.41, 5.74) is 1.05. The quantitative estimate of drug-likeness (QED) is 0.819. The van der Waals surface area contributed by atoms with Crippen LogP contribution in [0, 0.1) is 0 Å². The molecule has 1 N–H and O–H groups in total. The van der Waals surface area contributed by atoms with Crippen LogP contribution >= 0.6 is 0 Å². The van der Waals surface area contributed by atoms with Crippen LogP contribution in [-0.2, 0) is 4.79 Å². The van der Waals surface area contributed by atoms with Crippen molar-refractivity contribution in [3.63, 3.8) is 0 Å². The first-order valence-electron chi connectivity index (χ1n) is 5.49. The minimum Gasteiger partial charge on any atom is -0.478 e. The van der Waals surface area contributed by atoms with Crippen LogP contribution in [0.5, 0.6) is 0 Å². The van der Waals surface area contributed by atoms with E-state index in [1.165, 1.54) is 0 Å². The summed E-state index contributed by atoms with van der Waals surface area (Å²) < 4.78 is 0. The normalized spacial score (nSPS) is 11.7. The molecule has 0 saturated carbocycles. The lowest BCUT2D eigenvalue weighted by Crippen LogP contribution is -1.99. The van der Waals surface area contributed by atoms with Gasteiger partial charge in [-0.1, -0.05) is 31.2 Å². The molecule has 0 spiro atoms. The van der Waals surface area contributed by atoms with Crippen molar-refractivity contribution in [2.45, 2.75) is 13.3 Å². The highest BCUT2D eigenvalue weighted by molar-refractivity contribution is 5.92. The maximum Gasteiger partial charge on any atom is 0.331 e. The first kappa shape index (κ1) is 11.3. The molecule has 0 aliphatic heterocycles. The largest absolute Gasteiger partial charge is 0.478 e. The molecule has 0 bridgehead atoms. The molecule has 0 radical (unpaired) electrons. The maximum atomic E-state index is 10.9. The van der Waals surface area contributed by atoms with Gasteiger partial charge >= 0.3 is 5.97 Å². The summed E-state index contributed by atoms with van der Waals surface area (Å²) in [6.45, 7) is 1.82. The zero-order valence-corrected chi connectivity index (χ0v) is 9.55. The zero-order valence-electron chi connectivity index (χ0n) is 9.55. The van der Waals surface area contributed by atoms with E-state index < -0.39 is 5.97 Å². The number of benzene rings is 1. The Balaban J connectivity index is 2.46. The summed E-state index contributed by atoms with van der Waals surface area (Å²) in [4.78, 5) is 15.1. The van der Waals surface area contributed by atoms with Crippen LogP contribution in [0.4, 0.5) is 0 Å². The second kappa shape index (κ2) is 4.78. The molecule has 0 atom stereocenters. The number of aliphatic carboxylic acids is 1. The van der Waals surface area contributed by atoms with Gasteiger partial charge in [-0.25, -0.2) is 4.79 Å². The van der Waals surface area contributed by atoms with Crippen molar-refractivity contribution in [1.82, 2.24) is 4.98 Å². The maximum absolute atomic E-state index is 10.9. The van der Waals surface area contributed by atoms with E-state index >= 15 is 0 Å². The van der Waals surface area contributed by atoms with Crippen LogP contribution < -0.4 is 0 Å². The molecule has 0 fully saturated rings. The lowest BCUT2D eigenvalue weighted by molar-refractivity contribution is -0.132. The number of carboxylic acid groups (broad SMARTS) is 1. The number of hydrogen-bond donors (Lipinski definition) is 1. The number of pyridine rings is 1. The van der Waals surface area contributed by atoms with Gasteiger partial charge in [-0.15, -0.1) is 0 Å². The van der Waals surface area contributed by atoms with Crippen molar-refractivity contribution in [2.24, 2.45) is 0 Å². The molecular weight excluding hydrogens is 214 g/mol. The predicted octanol–water partition coefficient (Wildman–Crippen LogP) is 3.11. The Morgan fingerprint density at radius 3 is 2.71 bits per heavy atom. The molecule has 0 aliphatic carbocycles. The van der Waals surface area contributed by atoms with Crippen LogP contribution in [-0.4, -0.2) is 16.1 Å². The van der Waals surface area contributed by atoms with E-state index in [0.29, 0.717) is 17.7 Å². The van der Waals surface area contributed by atoms with Crippen molar-refractivity contribution in [1.29, 1.82) is 0 Å². The lowest BCUT2D eigenvalue weighted by Gasteiger charge is -2.00. The van der Waals surface area contributed by atoms with Crippen LogP contribution in [0.3, 0.4) is 0 Å². The van der Waals surface area contributed by atoms with Gasteiger partial charge < -0.3 is 5.11 Å².